The van der Waals surface area contributed by atoms with Gasteiger partial charge in [-0.15, -0.1) is 4.33 Å². The Morgan fingerprint density at radius 1 is 0.680 bits per heavy atom. The monoisotopic (exact) mass is 718 g/mol. The minimum absolute atomic E-state index is 0.0927. The molecule has 0 amide bonds. The molecule has 0 atom stereocenters. The summed E-state index contributed by atoms with van der Waals surface area (Å²) in [5.74, 6) is -0.319. The van der Waals surface area contributed by atoms with Crippen LogP contribution in [0, 0.1) is 13.8 Å². The van der Waals surface area contributed by atoms with Crippen LogP contribution in [0.25, 0.3) is 22.5 Å². The zero-order valence-corrected chi connectivity index (χ0v) is 27.9. The second kappa shape index (κ2) is 14.4. The minimum atomic E-state index is -4.79. The van der Waals surface area contributed by atoms with E-state index >= 15 is 0 Å². The van der Waals surface area contributed by atoms with Crippen molar-refractivity contribution >= 4 is 44.9 Å². The van der Waals surface area contributed by atoms with Crippen LogP contribution in [0.3, 0.4) is 0 Å². The first-order valence-electron chi connectivity index (χ1n) is 14.7. The van der Waals surface area contributed by atoms with Gasteiger partial charge in [-0.1, -0.05) is 53.6 Å². The van der Waals surface area contributed by atoms with Gasteiger partial charge in [0.15, 0.2) is 0 Å². The van der Waals surface area contributed by atoms with Crippen LogP contribution >= 0.6 is 12.0 Å². The molecule has 258 valence electrons. The van der Waals surface area contributed by atoms with E-state index < -0.39 is 15.0 Å². The van der Waals surface area contributed by atoms with E-state index in [2.05, 4.69) is 41.3 Å². The fourth-order valence-corrected chi connectivity index (χ4v) is 6.35. The first-order chi connectivity index (χ1) is 24.0. The summed E-state index contributed by atoms with van der Waals surface area (Å²) in [4.78, 5) is -0.186. The van der Waals surface area contributed by atoms with Crippen LogP contribution in [0.5, 0.6) is 11.8 Å². The molecular weight excluding hydrogens is 689 g/mol. The zero-order chi connectivity index (χ0) is 35.4. The maximum absolute atomic E-state index is 12.6. The Labute approximate surface area is 289 Å². The van der Waals surface area contributed by atoms with Gasteiger partial charge in [-0.2, -0.15) is 28.0 Å². The molecule has 0 unspecified atom stereocenters. The summed E-state index contributed by atoms with van der Waals surface area (Å²) in [6.07, 6.45) is 0. The fourth-order valence-electron chi connectivity index (χ4n) is 5.07. The van der Waals surface area contributed by atoms with Crippen LogP contribution in [0.1, 0.15) is 11.4 Å². The third-order valence-corrected chi connectivity index (χ3v) is 8.96. The molecule has 4 aromatic carbocycles. The van der Waals surface area contributed by atoms with Crippen molar-refractivity contribution in [2.45, 2.75) is 23.6 Å². The topological polar surface area (TPSA) is 217 Å². The van der Waals surface area contributed by atoms with Crippen molar-refractivity contribution in [3.05, 3.63) is 108 Å². The Balaban J connectivity index is 1.26. The molecule has 0 aliphatic carbocycles. The normalized spacial score (nSPS) is 11.4. The molecular formula is C32H30N8O8S2. The number of anilines is 4. The zero-order valence-electron chi connectivity index (χ0n) is 26.3. The van der Waals surface area contributed by atoms with E-state index in [-0.39, 0.29) is 33.6 Å². The van der Waals surface area contributed by atoms with Crippen LogP contribution in [0.4, 0.5) is 22.7 Å². The van der Waals surface area contributed by atoms with Gasteiger partial charge in [-0.3, -0.25) is 15.4 Å². The summed E-state index contributed by atoms with van der Waals surface area (Å²) in [6.45, 7) is 3.40. The summed E-state index contributed by atoms with van der Waals surface area (Å²) in [7, 11) is -4.79. The Hall–Kier alpha value is -5.76. The lowest BCUT2D eigenvalue weighted by atomic mass is 10.0. The number of rotatable bonds is 13. The number of hydrazine groups is 2. The lowest BCUT2D eigenvalue weighted by Crippen LogP contribution is -2.11. The summed E-state index contributed by atoms with van der Waals surface area (Å²) < 4.78 is 42.9. The molecule has 0 aliphatic heterocycles. The molecule has 6 aromatic rings. The first kappa shape index (κ1) is 34.1. The van der Waals surface area contributed by atoms with Crippen molar-refractivity contribution in [1.82, 2.24) is 19.6 Å². The quantitative estimate of drug-likeness (QED) is 0.0284. The summed E-state index contributed by atoms with van der Waals surface area (Å²) in [6, 6.07) is 27.0. The van der Waals surface area contributed by atoms with E-state index in [1.807, 2.05) is 24.3 Å². The molecule has 0 saturated carbocycles. The Morgan fingerprint density at radius 2 is 1.16 bits per heavy atom. The number of nitrogens with one attached hydrogen (secondary N) is 4. The first-order valence-corrected chi connectivity index (χ1v) is 16.9. The smallest absolute Gasteiger partial charge is 0.295 e. The summed E-state index contributed by atoms with van der Waals surface area (Å²) in [5, 5.41) is 43.0. The van der Waals surface area contributed by atoms with E-state index in [0.29, 0.717) is 51.7 Å². The predicted octanol–water partition coefficient (Wildman–Crippen LogP) is 6.31. The molecule has 0 spiro atoms. The third kappa shape index (κ3) is 7.15. The number of hydrogen-bond acceptors (Lipinski definition) is 14. The second-order valence-electron chi connectivity index (χ2n) is 10.7. The number of aryl methyl sites for hydroxylation is 2. The van der Waals surface area contributed by atoms with Crippen molar-refractivity contribution in [3.63, 3.8) is 0 Å². The SMILES string of the molecule is Cc1nn(-c2ccccc2)c(O)c1NNc1ccc(-c2ccc(NNc3c(C)nn(-c4ccccc4)c3O)cc2S(=O)(=O)O)c(SOOO)c1. The molecule has 2 heterocycles. The summed E-state index contributed by atoms with van der Waals surface area (Å²) >= 11 is 0.573. The maximum Gasteiger partial charge on any atom is 0.295 e. The molecule has 0 aliphatic rings. The van der Waals surface area contributed by atoms with E-state index in [4.69, 9.17) is 5.26 Å². The van der Waals surface area contributed by atoms with E-state index in [1.165, 1.54) is 21.5 Å². The van der Waals surface area contributed by atoms with Crippen LogP contribution in [0.2, 0.25) is 0 Å². The molecule has 6 rings (SSSR count). The van der Waals surface area contributed by atoms with E-state index in [0.717, 1.165) is 0 Å². The molecule has 2 aromatic heterocycles. The number of nitrogens with zero attached hydrogens (tertiary/aromatic N) is 4. The Kier molecular flexibility index (Phi) is 9.81. The Morgan fingerprint density at radius 3 is 1.64 bits per heavy atom. The molecule has 50 heavy (non-hydrogen) atoms. The highest BCUT2D eigenvalue weighted by Gasteiger charge is 2.22. The highest BCUT2D eigenvalue weighted by atomic mass is 32.2. The maximum atomic E-state index is 12.6. The Bertz CT molecular complexity index is 2250. The third-order valence-electron chi connectivity index (χ3n) is 7.42. The van der Waals surface area contributed by atoms with E-state index in [1.54, 1.807) is 74.5 Å². The van der Waals surface area contributed by atoms with Gasteiger partial charge in [0.1, 0.15) is 16.3 Å². The molecule has 0 fully saturated rings. The number of aromatic nitrogens is 4. The van der Waals surface area contributed by atoms with Gasteiger partial charge in [0.05, 0.1) is 46.2 Å². The van der Waals surface area contributed by atoms with Crippen molar-refractivity contribution in [2.24, 2.45) is 0 Å². The van der Waals surface area contributed by atoms with Crippen molar-refractivity contribution in [3.8, 4) is 34.3 Å². The van der Waals surface area contributed by atoms with Gasteiger partial charge in [0.2, 0.25) is 11.8 Å². The number of benzene rings is 4. The van der Waals surface area contributed by atoms with Gasteiger partial charge >= 0.3 is 0 Å². The number of hydrogen-bond donors (Lipinski definition) is 8. The van der Waals surface area contributed by atoms with Gasteiger partial charge in [-0.25, -0.2) is 5.26 Å². The molecule has 8 N–H and O–H groups in total. The van der Waals surface area contributed by atoms with Crippen molar-refractivity contribution < 1.29 is 37.8 Å². The van der Waals surface area contributed by atoms with Crippen molar-refractivity contribution in [2.75, 3.05) is 21.7 Å². The van der Waals surface area contributed by atoms with E-state index in [9.17, 15) is 23.2 Å². The van der Waals surface area contributed by atoms with Gasteiger partial charge in [-0.05, 0) is 67.9 Å². The molecule has 0 bridgehead atoms. The van der Waals surface area contributed by atoms with Crippen LogP contribution in [-0.2, 0) is 19.5 Å². The van der Waals surface area contributed by atoms with Gasteiger partial charge in [0, 0.05) is 10.5 Å². The fraction of sp³-hybridized carbons (Fsp3) is 0.0625. The number of para-hydroxylation sites is 2. The van der Waals surface area contributed by atoms with Gasteiger partial charge < -0.3 is 21.1 Å². The standard InChI is InChI=1S/C32H30N8O8S2/c1-19-29(31(41)39(37-19)23-9-5-3-6-10-23)35-33-21-13-15-25(27(17-21)49-48-47-43)26-16-14-22(18-28(26)50(44,45)46)34-36-30-20(2)38-40(32(30)42)24-11-7-4-8-12-24/h3-18,33-36,41-43H,1-2H3,(H,44,45,46). The average molecular weight is 719 g/mol. The van der Waals surface area contributed by atoms with Crippen LogP contribution in [-0.4, -0.2) is 48.0 Å². The lowest BCUT2D eigenvalue weighted by Gasteiger charge is -2.16. The highest BCUT2D eigenvalue weighted by Crippen LogP contribution is 2.39. The van der Waals surface area contributed by atoms with Crippen LogP contribution in [0.15, 0.2) is 107 Å². The largest absolute Gasteiger partial charge is 0.492 e. The number of aromatic hydroxyl groups is 2. The lowest BCUT2D eigenvalue weighted by molar-refractivity contribution is -0.432. The van der Waals surface area contributed by atoms with Gasteiger partial charge in [0.25, 0.3) is 10.1 Å². The summed E-state index contributed by atoms with van der Waals surface area (Å²) in [5.41, 5.74) is 15.4. The highest BCUT2D eigenvalue weighted by molar-refractivity contribution is 7.94. The molecule has 0 saturated heterocycles. The molecule has 18 heteroatoms. The van der Waals surface area contributed by atoms with Crippen LogP contribution < -0.4 is 21.7 Å². The average Bonchev–Trinajstić information content (AvgIpc) is 3.57. The van der Waals surface area contributed by atoms with Crippen molar-refractivity contribution in [1.29, 1.82) is 0 Å². The second-order valence-corrected chi connectivity index (χ2v) is 12.8. The predicted molar refractivity (Wildman–Crippen MR) is 187 cm³/mol. The minimum Gasteiger partial charge on any atom is -0.492 e. The molecule has 16 nitrogen and oxygen atoms in total. The molecule has 0 radical (unpaired) electrons.